The molecular weight excluding hydrogens is 574 g/mol. The van der Waals surface area contributed by atoms with Crippen molar-refractivity contribution in [3.05, 3.63) is 123 Å². The molecule has 0 saturated carbocycles. The van der Waals surface area contributed by atoms with Gasteiger partial charge >= 0.3 is 0 Å². The zero-order valence-electron chi connectivity index (χ0n) is 22.1. The van der Waals surface area contributed by atoms with Crippen LogP contribution in [-0.2, 0) is 15.8 Å². The molecule has 0 spiro atoms. The van der Waals surface area contributed by atoms with E-state index in [1.165, 1.54) is 0 Å². The maximum Gasteiger partial charge on any atom is 0.270 e. The summed E-state index contributed by atoms with van der Waals surface area (Å²) in [5.74, 6) is -1.49. The molecule has 0 aliphatic heterocycles. The second kappa shape index (κ2) is 10.8. The molecule has 0 bridgehead atoms. The summed E-state index contributed by atoms with van der Waals surface area (Å²) in [6.45, 7) is 1.84. The largest absolute Gasteiger partial charge is 0.344 e. The number of pyridine rings is 2. The van der Waals surface area contributed by atoms with Gasteiger partial charge in [0.1, 0.15) is 5.56 Å². The fourth-order valence-electron chi connectivity index (χ4n) is 4.73. The van der Waals surface area contributed by atoms with Crippen molar-refractivity contribution in [2.24, 2.45) is 0 Å². The molecule has 11 heteroatoms. The van der Waals surface area contributed by atoms with E-state index in [4.69, 9.17) is 16.6 Å². The summed E-state index contributed by atoms with van der Waals surface area (Å²) >= 11 is 6.57. The number of fused-ring (bicyclic) bond motifs is 2. The zero-order chi connectivity index (χ0) is 29.4. The number of aromatic nitrogens is 4. The number of aryl methyl sites for hydroxylation is 1. The molecular formula is C31H22ClN5O4S. The first-order valence-corrected chi connectivity index (χ1v) is 14.9. The average molecular weight is 596 g/mol. The topological polar surface area (TPSA) is 135 Å². The molecule has 0 saturated heterocycles. The number of carbonyl (C=O) groups excluding carboxylic acids is 1. The van der Waals surface area contributed by atoms with Crippen LogP contribution in [0.2, 0.25) is 5.02 Å². The fourth-order valence-corrected chi connectivity index (χ4v) is 6.09. The monoisotopic (exact) mass is 595 g/mol. The van der Waals surface area contributed by atoms with Gasteiger partial charge in [-0.25, -0.2) is 23.1 Å². The van der Waals surface area contributed by atoms with Crippen molar-refractivity contribution in [2.45, 2.75) is 12.7 Å². The highest BCUT2D eigenvalue weighted by Crippen LogP contribution is 2.34. The van der Waals surface area contributed by atoms with Crippen molar-refractivity contribution in [1.29, 1.82) is 0 Å². The maximum atomic E-state index is 13.6. The van der Waals surface area contributed by atoms with E-state index in [1.807, 2.05) is 60.2 Å². The summed E-state index contributed by atoms with van der Waals surface area (Å²) in [5.41, 5.74) is 3.00. The molecule has 42 heavy (non-hydrogen) atoms. The van der Waals surface area contributed by atoms with E-state index in [2.05, 4.69) is 15.0 Å². The van der Waals surface area contributed by atoms with Gasteiger partial charge in [-0.05, 0) is 30.7 Å². The summed E-state index contributed by atoms with van der Waals surface area (Å²) in [6, 6.07) is 23.4. The van der Waals surface area contributed by atoms with Crippen LogP contribution in [0.5, 0.6) is 0 Å². The number of rotatable bonds is 6. The molecule has 6 rings (SSSR count). The van der Waals surface area contributed by atoms with E-state index in [0.29, 0.717) is 33.1 Å². The number of amides is 1. The van der Waals surface area contributed by atoms with Gasteiger partial charge in [-0.2, -0.15) is 0 Å². The molecule has 0 atom stereocenters. The Morgan fingerprint density at radius 3 is 2.48 bits per heavy atom. The molecule has 0 aliphatic rings. The highest BCUT2D eigenvalue weighted by atomic mass is 35.5. The van der Waals surface area contributed by atoms with Crippen LogP contribution in [0.25, 0.3) is 44.6 Å². The molecule has 0 aliphatic carbocycles. The van der Waals surface area contributed by atoms with Crippen molar-refractivity contribution in [3.63, 3.8) is 0 Å². The second-order valence-electron chi connectivity index (χ2n) is 9.73. The van der Waals surface area contributed by atoms with E-state index >= 15 is 0 Å². The number of hydrogen-bond acceptors (Lipinski definition) is 7. The number of H-pyrrole nitrogens is 1. The third kappa shape index (κ3) is 5.37. The Bertz CT molecular complexity index is 2180. The number of nitrogens with zero attached hydrogens (tertiary/aromatic N) is 3. The fraction of sp³-hybridized carbons (Fsp3) is 0.0645. The predicted molar refractivity (Wildman–Crippen MR) is 163 cm³/mol. The lowest BCUT2D eigenvalue weighted by atomic mass is 10.0. The van der Waals surface area contributed by atoms with E-state index in [1.54, 1.807) is 36.5 Å². The predicted octanol–water partition coefficient (Wildman–Crippen LogP) is 5.42. The van der Waals surface area contributed by atoms with Gasteiger partial charge in [-0.3, -0.25) is 14.6 Å². The maximum absolute atomic E-state index is 13.6. The van der Waals surface area contributed by atoms with Gasteiger partial charge < -0.3 is 4.98 Å². The highest BCUT2D eigenvalue weighted by Gasteiger charge is 2.23. The summed E-state index contributed by atoms with van der Waals surface area (Å²) in [7, 11) is -4.10. The highest BCUT2D eigenvalue weighted by molar-refractivity contribution is 7.89. The smallest absolute Gasteiger partial charge is 0.270 e. The Morgan fingerprint density at radius 2 is 1.69 bits per heavy atom. The van der Waals surface area contributed by atoms with Crippen molar-refractivity contribution in [1.82, 2.24) is 24.7 Å². The number of hydrogen-bond donors (Lipinski definition) is 2. The Morgan fingerprint density at radius 1 is 0.905 bits per heavy atom. The minimum Gasteiger partial charge on any atom is -0.344 e. The molecule has 208 valence electrons. The molecule has 2 N–H and O–H groups in total. The quantitative estimate of drug-likeness (QED) is 0.262. The molecule has 9 nitrogen and oxygen atoms in total. The van der Waals surface area contributed by atoms with Gasteiger partial charge in [0.05, 0.1) is 27.7 Å². The van der Waals surface area contributed by atoms with E-state index in [-0.39, 0.29) is 11.2 Å². The summed E-state index contributed by atoms with van der Waals surface area (Å²) in [5, 5.41) is 1.16. The Hall–Kier alpha value is -4.93. The number of nitrogens with one attached hydrogen (secondary N) is 2. The van der Waals surface area contributed by atoms with Gasteiger partial charge in [-0.15, -0.1) is 0 Å². The van der Waals surface area contributed by atoms with Gasteiger partial charge in [0.2, 0.25) is 15.5 Å². The van der Waals surface area contributed by atoms with Gasteiger partial charge in [0, 0.05) is 28.9 Å². The number of halogens is 1. The van der Waals surface area contributed by atoms with Crippen LogP contribution in [0.1, 0.15) is 21.5 Å². The summed E-state index contributed by atoms with van der Waals surface area (Å²) in [6.07, 6.45) is 2.79. The summed E-state index contributed by atoms with van der Waals surface area (Å²) < 4.78 is 27.5. The van der Waals surface area contributed by atoms with Crippen molar-refractivity contribution >= 4 is 49.6 Å². The Balaban J connectivity index is 1.46. The van der Waals surface area contributed by atoms with E-state index in [9.17, 15) is 18.0 Å². The number of sulfonamides is 1. The average Bonchev–Trinajstić information content (AvgIpc) is 2.96. The van der Waals surface area contributed by atoms with Crippen molar-refractivity contribution < 1.29 is 13.2 Å². The van der Waals surface area contributed by atoms with E-state index in [0.717, 1.165) is 22.7 Å². The van der Waals surface area contributed by atoms with E-state index < -0.39 is 32.7 Å². The minimum absolute atomic E-state index is 0.129. The lowest BCUT2D eigenvalue weighted by Gasteiger charge is -2.12. The third-order valence-corrected chi connectivity index (χ3v) is 8.12. The van der Waals surface area contributed by atoms with Crippen molar-refractivity contribution in [3.8, 4) is 22.5 Å². The molecule has 3 heterocycles. The van der Waals surface area contributed by atoms with Gasteiger partial charge in [0.15, 0.2) is 11.2 Å². The van der Waals surface area contributed by atoms with Crippen molar-refractivity contribution in [2.75, 3.05) is 0 Å². The molecule has 1 amide bonds. The Kier molecular flexibility index (Phi) is 7.01. The normalized spacial score (nSPS) is 11.6. The molecule has 0 unspecified atom stereocenters. The Labute approximate surface area is 245 Å². The third-order valence-electron chi connectivity index (χ3n) is 6.62. The van der Waals surface area contributed by atoms with Crippen LogP contribution in [0.4, 0.5) is 0 Å². The van der Waals surface area contributed by atoms with Crippen LogP contribution >= 0.6 is 11.6 Å². The first-order chi connectivity index (χ1) is 20.2. The first-order valence-electron chi connectivity index (χ1n) is 12.8. The molecule has 0 radical (unpaired) electrons. The summed E-state index contributed by atoms with van der Waals surface area (Å²) in [4.78, 5) is 43.1. The van der Waals surface area contributed by atoms with Crippen LogP contribution in [0.15, 0.2) is 96.1 Å². The number of aromatic amines is 1. The van der Waals surface area contributed by atoms with Crippen LogP contribution in [-0.4, -0.2) is 34.3 Å². The lowest BCUT2D eigenvalue weighted by Crippen LogP contribution is -2.35. The SMILES string of the molecule is Cc1cccc(CS(=O)(=O)NC(=O)c2c[nH]c3nc(-c4ccccc4)c(-c4cc(Cl)c5ncccc5c4)nc3c2=O)c1. The molecule has 6 aromatic rings. The van der Waals surface area contributed by atoms with Gasteiger partial charge in [0.25, 0.3) is 5.91 Å². The number of carbonyl (C=O) groups is 1. The molecule has 3 aromatic carbocycles. The lowest BCUT2D eigenvalue weighted by molar-refractivity contribution is 0.0980. The second-order valence-corrected chi connectivity index (χ2v) is 11.9. The first kappa shape index (κ1) is 27.3. The van der Waals surface area contributed by atoms with Gasteiger partial charge in [-0.1, -0.05) is 77.8 Å². The van der Waals surface area contributed by atoms with Crippen LogP contribution in [0.3, 0.4) is 0 Å². The van der Waals surface area contributed by atoms with Crippen LogP contribution < -0.4 is 10.2 Å². The number of benzene rings is 3. The molecule has 0 fully saturated rings. The minimum atomic E-state index is -4.10. The zero-order valence-corrected chi connectivity index (χ0v) is 23.7. The molecule has 3 aromatic heterocycles. The standard InChI is InChI=1S/C31H22ClN5O4S/c1-18-7-5-8-19(13-18)17-42(40,41)37-31(39)23-16-34-30-28(29(23)38)35-27(26(36-30)20-9-3-2-4-10-20)22-14-21-11-6-12-33-25(21)24(32)15-22/h2-16H,17H2,1H3,(H,37,39)(H,34,36,38). The van der Waals surface area contributed by atoms with Crippen LogP contribution in [0, 0.1) is 6.92 Å².